The number of unbranched alkanes of at least 4 members (excludes halogenated alkanes) is 6. The van der Waals surface area contributed by atoms with Gasteiger partial charge in [0.1, 0.15) is 0 Å². The Kier molecular flexibility index (Phi) is 20.1. The molecule has 0 spiro atoms. The van der Waals surface area contributed by atoms with E-state index < -0.39 is 5.97 Å². The van der Waals surface area contributed by atoms with Gasteiger partial charge in [-0.2, -0.15) is 0 Å². The monoisotopic (exact) mass is 368 g/mol. The first kappa shape index (κ1) is 26.1. The zero-order chi connectivity index (χ0) is 18.0. The predicted molar refractivity (Wildman–Crippen MR) is 99.1 cm³/mol. The van der Waals surface area contributed by atoms with E-state index in [2.05, 4.69) is 0 Å². The molecule has 0 rings (SSSR count). The molecular weight excluding hydrogens is 336 g/mol. The summed E-state index contributed by atoms with van der Waals surface area (Å²) in [4.78, 5) is 32.8. The number of carbonyl (C=O) groups is 3. The van der Waals surface area contributed by atoms with Gasteiger partial charge < -0.3 is 14.6 Å². The summed E-state index contributed by atoms with van der Waals surface area (Å²) in [6.07, 6.45) is 10.2. The van der Waals surface area contributed by atoms with Crippen molar-refractivity contribution in [1.82, 2.24) is 0 Å². The largest absolute Gasteiger partial charge is 0.481 e. The van der Waals surface area contributed by atoms with Crippen molar-refractivity contribution in [1.29, 1.82) is 0 Å². The molecule has 0 aromatic rings. The molecule has 7 heteroatoms. The third-order valence-electron chi connectivity index (χ3n) is 3.37. The molecule has 0 atom stereocenters. The molecule has 0 bridgehead atoms. The molecule has 0 unspecified atom stereocenters. The van der Waals surface area contributed by atoms with Crippen molar-refractivity contribution >= 4 is 41.0 Å². The molecule has 0 aliphatic heterocycles. The summed E-state index contributed by atoms with van der Waals surface area (Å²) >= 11 is 0. The molecule has 0 heterocycles. The van der Waals surface area contributed by atoms with Crippen LogP contribution in [0, 0.1) is 0 Å². The van der Waals surface area contributed by atoms with Crippen LogP contribution in [0.1, 0.15) is 71.1 Å². The second-order valence-electron chi connectivity index (χ2n) is 5.61. The summed E-state index contributed by atoms with van der Waals surface area (Å²) < 4.78 is 10.1. The molecule has 1 N–H and O–H groups in total. The van der Waals surface area contributed by atoms with Crippen LogP contribution in [-0.4, -0.2) is 59.3 Å². The fourth-order valence-corrected chi connectivity index (χ4v) is 2.07. The first-order valence-electron chi connectivity index (χ1n) is 8.73. The predicted octanol–water partition coefficient (Wildman–Crippen LogP) is 2.72. The normalized spacial score (nSPS) is 10.3. The van der Waals surface area contributed by atoms with E-state index in [9.17, 15) is 14.4 Å². The summed E-state index contributed by atoms with van der Waals surface area (Å²) in [5, 5.41) is 8.49. The van der Waals surface area contributed by atoms with Gasteiger partial charge in [-0.15, -0.1) is 0 Å². The van der Waals surface area contributed by atoms with Crippen molar-refractivity contribution < 1.29 is 29.0 Å². The summed E-state index contributed by atoms with van der Waals surface area (Å²) in [7, 11) is 0. The van der Waals surface area contributed by atoms with E-state index in [1.165, 1.54) is 6.08 Å². The van der Waals surface area contributed by atoms with Gasteiger partial charge in [-0.25, -0.2) is 4.79 Å². The van der Waals surface area contributed by atoms with E-state index in [-0.39, 0.29) is 41.4 Å². The molecule has 6 nitrogen and oxygen atoms in total. The lowest BCUT2D eigenvalue weighted by Gasteiger charge is -2.05. The average molecular weight is 369 g/mol. The fourth-order valence-electron chi connectivity index (χ4n) is 2.07. The van der Waals surface area contributed by atoms with Crippen molar-refractivity contribution in [3.05, 3.63) is 12.2 Å². The van der Waals surface area contributed by atoms with Gasteiger partial charge in [0.15, 0.2) is 0 Å². The van der Waals surface area contributed by atoms with Gasteiger partial charge in [0.05, 0.1) is 13.2 Å². The van der Waals surface area contributed by atoms with E-state index >= 15 is 0 Å². The molecule has 142 valence electrons. The third-order valence-corrected chi connectivity index (χ3v) is 3.37. The molecule has 0 aliphatic rings. The van der Waals surface area contributed by atoms with E-state index in [0.717, 1.165) is 44.9 Å². The van der Waals surface area contributed by atoms with Crippen molar-refractivity contribution in [2.75, 3.05) is 13.2 Å². The summed E-state index contributed by atoms with van der Waals surface area (Å²) in [6.45, 7) is 2.61. The van der Waals surface area contributed by atoms with Crippen LogP contribution in [0.3, 0.4) is 0 Å². The third kappa shape index (κ3) is 20.9. The van der Waals surface area contributed by atoms with Gasteiger partial charge in [0.2, 0.25) is 0 Å². The van der Waals surface area contributed by atoms with Crippen LogP contribution in [-0.2, 0) is 23.9 Å². The highest BCUT2D eigenvalue weighted by Crippen LogP contribution is 2.07. The lowest BCUT2D eigenvalue weighted by atomic mass is 10.1. The van der Waals surface area contributed by atoms with Crippen molar-refractivity contribution in [2.24, 2.45) is 0 Å². The highest BCUT2D eigenvalue weighted by atomic mass is 24.3. The van der Waals surface area contributed by atoms with Crippen LogP contribution in [0.25, 0.3) is 0 Å². The van der Waals surface area contributed by atoms with E-state index in [1.54, 1.807) is 13.0 Å². The number of carboxylic acid groups (broad SMARTS) is 1. The molecule has 0 aliphatic carbocycles. The standard InChI is InChI=1S/C18H30O6.Mg.2H/c1-2-11-17(21)23-14-9-5-6-10-15-24-18(22)13-8-4-3-7-12-16(19)20;;;/h2,11H,3-10,12-15H2,1H3,(H,19,20);;;. The van der Waals surface area contributed by atoms with Crippen molar-refractivity contribution in [2.45, 2.75) is 71.1 Å². The van der Waals surface area contributed by atoms with Gasteiger partial charge >= 0.3 is 41.0 Å². The Morgan fingerprint density at radius 2 is 1.32 bits per heavy atom. The Balaban J connectivity index is 0. The molecule has 0 radical (unpaired) electrons. The number of carbonyl (C=O) groups excluding carboxylic acids is 2. The molecule has 0 aromatic carbocycles. The van der Waals surface area contributed by atoms with E-state index in [4.69, 9.17) is 14.6 Å². The number of ether oxygens (including phenoxy) is 2. The highest BCUT2D eigenvalue weighted by Gasteiger charge is 2.03. The Bertz CT molecular complexity index is 395. The van der Waals surface area contributed by atoms with Gasteiger partial charge in [0, 0.05) is 18.9 Å². The number of allylic oxidation sites excluding steroid dienone is 1. The summed E-state index contributed by atoms with van der Waals surface area (Å²) in [5.41, 5.74) is 0. The minimum absolute atomic E-state index is 0. The summed E-state index contributed by atoms with van der Waals surface area (Å²) in [5.74, 6) is -1.27. The number of hydrogen-bond donors (Lipinski definition) is 1. The Morgan fingerprint density at radius 3 is 1.88 bits per heavy atom. The first-order chi connectivity index (χ1) is 11.6. The Hall–Kier alpha value is -1.08. The molecule has 25 heavy (non-hydrogen) atoms. The lowest BCUT2D eigenvalue weighted by Crippen LogP contribution is -2.06. The SMILES string of the molecule is CC=CC(=O)OCCCCCCOC(=O)CCCCCCC(=O)O.[MgH2]. The molecule has 0 aromatic heterocycles. The van der Waals surface area contributed by atoms with Gasteiger partial charge in [-0.1, -0.05) is 18.9 Å². The fraction of sp³-hybridized carbons (Fsp3) is 0.722. The maximum absolute atomic E-state index is 11.5. The maximum Gasteiger partial charge on any atom is 0.330 e. The molecule has 0 amide bonds. The zero-order valence-corrected chi connectivity index (χ0v) is 14.6. The molecule has 0 saturated heterocycles. The molecule has 0 fully saturated rings. The second kappa shape index (κ2) is 19.2. The smallest absolute Gasteiger partial charge is 0.330 e. The van der Waals surface area contributed by atoms with Gasteiger partial charge in [-0.3, -0.25) is 9.59 Å². The Labute approximate surface area is 166 Å². The van der Waals surface area contributed by atoms with Crippen LogP contribution >= 0.6 is 0 Å². The van der Waals surface area contributed by atoms with Crippen LogP contribution in [0.4, 0.5) is 0 Å². The van der Waals surface area contributed by atoms with Crippen LogP contribution in [0.5, 0.6) is 0 Å². The number of rotatable bonds is 15. The second-order valence-corrected chi connectivity index (χ2v) is 5.61. The van der Waals surface area contributed by atoms with E-state index in [0.29, 0.717) is 26.1 Å². The maximum atomic E-state index is 11.5. The quantitative estimate of drug-likeness (QED) is 0.207. The number of carboxylic acids is 1. The minimum atomic E-state index is -0.773. The average Bonchev–Trinajstić information content (AvgIpc) is 2.53. The number of esters is 2. The lowest BCUT2D eigenvalue weighted by molar-refractivity contribution is -0.144. The zero-order valence-electron chi connectivity index (χ0n) is 14.6. The number of hydrogen-bond acceptors (Lipinski definition) is 5. The topological polar surface area (TPSA) is 89.9 Å². The van der Waals surface area contributed by atoms with Crippen LogP contribution in [0.2, 0.25) is 0 Å². The van der Waals surface area contributed by atoms with E-state index in [1.807, 2.05) is 0 Å². The van der Waals surface area contributed by atoms with Gasteiger partial charge in [0.25, 0.3) is 0 Å². The highest BCUT2D eigenvalue weighted by molar-refractivity contribution is 5.81. The number of aliphatic carboxylic acids is 1. The first-order valence-corrected chi connectivity index (χ1v) is 8.73. The van der Waals surface area contributed by atoms with Crippen molar-refractivity contribution in [3.8, 4) is 0 Å². The van der Waals surface area contributed by atoms with Gasteiger partial charge in [-0.05, 0) is 45.4 Å². The minimum Gasteiger partial charge on any atom is -0.481 e. The Morgan fingerprint density at radius 1 is 0.800 bits per heavy atom. The molecule has 0 saturated carbocycles. The molecular formula is C18H32MgO6. The van der Waals surface area contributed by atoms with Crippen molar-refractivity contribution in [3.63, 3.8) is 0 Å². The summed E-state index contributed by atoms with van der Waals surface area (Å²) in [6, 6.07) is 0. The van der Waals surface area contributed by atoms with Crippen LogP contribution in [0.15, 0.2) is 12.2 Å². The van der Waals surface area contributed by atoms with Crippen LogP contribution < -0.4 is 0 Å².